The van der Waals surface area contributed by atoms with E-state index in [1.54, 1.807) is 30.3 Å². The van der Waals surface area contributed by atoms with Crippen molar-refractivity contribution in [3.8, 4) is 0 Å². The number of anilines is 2. The molecule has 0 saturated carbocycles. The van der Waals surface area contributed by atoms with Gasteiger partial charge in [0.1, 0.15) is 12.4 Å². The Morgan fingerprint density at radius 1 is 1.16 bits per heavy atom. The van der Waals surface area contributed by atoms with Gasteiger partial charge in [0.05, 0.1) is 5.69 Å². The normalized spacial score (nSPS) is 14.8. The first-order valence-corrected chi connectivity index (χ1v) is 11.9. The Labute approximate surface area is 188 Å². The summed E-state index contributed by atoms with van der Waals surface area (Å²) in [6.45, 7) is 5.85. The number of carbonyl (C=O) groups excluding carboxylic acids is 4. The van der Waals surface area contributed by atoms with Crippen LogP contribution in [0, 0.1) is 0 Å². The van der Waals surface area contributed by atoms with Crippen molar-refractivity contribution >= 4 is 57.8 Å². The van der Waals surface area contributed by atoms with Gasteiger partial charge in [-0.3, -0.25) is 24.6 Å². The quantitative estimate of drug-likeness (QED) is 0.668. The van der Waals surface area contributed by atoms with E-state index in [0.29, 0.717) is 28.0 Å². The fourth-order valence-electron chi connectivity index (χ4n) is 3.02. The Morgan fingerprint density at radius 3 is 2.48 bits per heavy atom. The maximum atomic E-state index is 12.7. The Kier molecular flexibility index (Phi) is 6.71. The maximum absolute atomic E-state index is 12.7. The summed E-state index contributed by atoms with van der Waals surface area (Å²) < 4.78 is 1.34. The van der Waals surface area contributed by atoms with E-state index in [4.69, 9.17) is 11.6 Å². The van der Waals surface area contributed by atoms with Crippen LogP contribution in [0.4, 0.5) is 16.3 Å². The van der Waals surface area contributed by atoms with Crippen LogP contribution in [0.25, 0.3) is 0 Å². The summed E-state index contributed by atoms with van der Waals surface area (Å²) in [5, 5.41) is 9.95. The maximum Gasteiger partial charge on any atom is 0.324 e. The average Bonchev–Trinajstić information content (AvgIpc) is 3.08. The van der Waals surface area contributed by atoms with Crippen molar-refractivity contribution in [1.29, 1.82) is 0 Å². The second-order valence-electron chi connectivity index (χ2n) is 8.29. The summed E-state index contributed by atoms with van der Waals surface area (Å²) >= 11 is 4.76. The number of nitrogens with one attached hydrogen (secondary N) is 2. The van der Waals surface area contributed by atoms with Crippen molar-refractivity contribution in [2.24, 2.45) is 0 Å². The van der Waals surface area contributed by atoms with Crippen LogP contribution in [0.3, 0.4) is 0 Å². The van der Waals surface area contributed by atoms with E-state index in [2.05, 4.69) is 15.7 Å². The molecule has 3 rings (SSSR count). The van der Waals surface area contributed by atoms with Gasteiger partial charge in [0.25, 0.3) is 5.91 Å². The lowest BCUT2D eigenvalue weighted by molar-refractivity contribution is -0.149. The van der Waals surface area contributed by atoms with Gasteiger partial charge in [0.2, 0.25) is 5.12 Å². The van der Waals surface area contributed by atoms with Gasteiger partial charge in [-0.25, -0.2) is 21.2 Å². The molecule has 1 saturated heterocycles. The zero-order valence-electron chi connectivity index (χ0n) is 17.6. The van der Waals surface area contributed by atoms with Gasteiger partial charge in [-0.1, -0.05) is 32.4 Å². The Hall–Kier alpha value is -2.85. The Balaban J connectivity index is 1.79. The van der Waals surface area contributed by atoms with E-state index in [0.717, 1.165) is 4.90 Å². The van der Waals surface area contributed by atoms with Crippen LogP contribution in [0.5, 0.6) is 0 Å². The first kappa shape index (κ1) is 22.8. The zero-order valence-corrected chi connectivity index (χ0v) is 19.7. The van der Waals surface area contributed by atoms with Crippen LogP contribution < -0.4 is 10.6 Å². The second-order valence-corrected chi connectivity index (χ2v) is 10.6. The molecule has 0 unspecified atom stereocenters. The molecule has 9 nitrogen and oxygen atoms in total. The molecule has 1 aliphatic rings. The van der Waals surface area contributed by atoms with E-state index in [9.17, 15) is 19.2 Å². The predicted octanol–water partition coefficient (Wildman–Crippen LogP) is 2.04. The fourth-order valence-corrected chi connectivity index (χ4v) is 4.35. The number of hydrogen-bond acceptors (Lipinski definition) is 5. The fraction of sp³-hybridized carbons (Fsp3) is 0.350. The van der Waals surface area contributed by atoms with E-state index in [1.165, 1.54) is 4.68 Å². The number of aromatic nitrogens is 2. The number of imide groups is 1. The average molecular weight is 468 g/mol. The first-order chi connectivity index (χ1) is 14.5. The molecule has 2 N–H and O–H groups in total. The molecule has 2 heterocycles. The van der Waals surface area contributed by atoms with Gasteiger partial charge in [-0.15, -0.1) is 0 Å². The highest BCUT2D eigenvalue weighted by molar-refractivity contribution is 8.15. The number of halogens is 1. The highest BCUT2D eigenvalue weighted by Gasteiger charge is 2.31. The summed E-state index contributed by atoms with van der Waals surface area (Å²) in [6.07, 6.45) is 0. The van der Waals surface area contributed by atoms with Gasteiger partial charge in [-0.2, -0.15) is 5.10 Å². The van der Waals surface area contributed by atoms with Crippen LogP contribution in [0.15, 0.2) is 30.3 Å². The first-order valence-electron chi connectivity index (χ1n) is 9.84. The number of rotatable bonds is 4. The molecule has 2 aromatic rings. The molecule has 4 amide bonds. The predicted molar refractivity (Wildman–Crippen MR) is 125 cm³/mol. The lowest BCUT2D eigenvalue weighted by atomic mass is 9.92. The van der Waals surface area contributed by atoms with Crippen molar-refractivity contribution in [2.75, 3.05) is 22.9 Å². The second kappa shape index (κ2) is 9.11. The molecule has 0 radical (unpaired) electrons. The molecule has 1 fully saturated rings. The van der Waals surface area contributed by atoms with Crippen molar-refractivity contribution in [3.63, 3.8) is 0 Å². The highest BCUT2D eigenvalue weighted by atomic mass is 35.5. The van der Waals surface area contributed by atoms with Crippen LogP contribution >= 0.6 is 23.4 Å². The molecule has 31 heavy (non-hydrogen) atoms. The third-order valence-electron chi connectivity index (χ3n) is 4.75. The van der Waals surface area contributed by atoms with E-state index >= 15 is 0 Å². The summed E-state index contributed by atoms with van der Waals surface area (Å²) in [5.41, 5.74) is 0.872. The molecule has 11 heteroatoms. The lowest BCUT2D eigenvalue weighted by Crippen LogP contribution is -2.46. The number of amides is 4. The van der Waals surface area contributed by atoms with Gasteiger partial charge in [0.15, 0.2) is 0 Å². The van der Waals surface area contributed by atoms with Crippen LogP contribution in [0.2, 0.25) is 5.02 Å². The summed E-state index contributed by atoms with van der Waals surface area (Å²) in [7, 11) is 0. The van der Waals surface area contributed by atoms with Gasteiger partial charge in [-0.05, 0) is 30.0 Å². The van der Waals surface area contributed by atoms with Crippen LogP contribution in [-0.2, 0) is 26.3 Å². The van der Waals surface area contributed by atoms with E-state index in [1.807, 2.05) is 20.8 Å². The zero-order chi connectivity index (χ0) is 22.8. The topological polar surface area (TPSA) is 113 Å². The molecule has 1 aliphatic heterocycles. The molecule has 168 valence electrons. The SMILES string of the molecule is CC(C)(C)c1cc(NC(=O)Nc2ccc(Cl)cc2)n(CC(=O)N2CC[SH4]C(=O)C2=O)n1. The van der Waals surface area contributed by atoms with Gasteiger partial charge < -0.3 is 5.32 Å². The monoisotopic (exact) mass is 467 g/mol. The van der Waals surface area contributed by atoms with Gasteiger partial charge in [0, 0.05) is 28.7 Å². The summed E-state index contributed by atoms with van der Waals surface area (Å²) in [5.74, 6) is -0.384. The van der Waals surface area contributed by atoms with Crippen molar-refractivity contribution in [1.82, 2.24) is 14.7 Å². The van der Waals surface area contributed by atoms with E-state index in [-0.39, 0.29) is 18.5 Å². The summed E-state index contributed by atoms with van der Waals surface area (Å²) in [4.78, 5) is 50.0. The Morgan fingerprint density at radius 2 is 1.84 bits per heavy atom. The smallest absolute Gasteiger partial charge is 0.308 e. The number of nitrogens with zero attached hydrogens (tertiary/aromatic N) is 3. The Bertz CT molecular complexity index is 1030. The molecule has 0 aliphatic carbocycles. The molecule has 0 spiro atoms. The molecular formula is C20H26ClN5O4S. The molecule has 0 bridgehead atoms. The number of benzene rings is 1. The third-order valence-corrected chi connectivity index (χ3v) is 6.43. The summed E-state index contributed by atoms with van der Waals surface area (Å²) in [6, 6.07) is 7.78. The number of hydrogen-bond donors (Lipinski definition) is 2. The number of carbonyl (C=O) groups is 4. The van der Waals surface area contributed by atoms with Crippen LogP contribution in [-0.4, -0.2) is 49.9 Å². The van der Waals surface area contributed by atoms with Gasteiger partial charge >= 0.3 is 11.9 Å². The molecular weight excluding hydrogens is 442 g/mol. The minimum atomic E-state index is -1.10. The van der Waals surface area contributed by atoms with Crippen molar-refractivity contribution in [2.45, 2.75) is 32.7 Å². The van der Waals surface area contributed by atoms with Crippen molar-refractivity contribution in [3.05, 3.63) is 41.0 Å². The minimum Gasteiger partial charge on any atom is -0.308 e. The lowest BCUT2D eigenvalue weighted by Gasteiger charge is -2.25. The number of urea groups is 1. The van der Waals surface area contributed by atoms with E-state index < -0.39 is 34.7 Å². The minimum absolute atomic E-state index is 0.253. The molecule has 1 aromatic heterocycles. The molecule has 0 atom stereocenters. The largest absolute Gasteiger partial charge is 0.324 e. The van der Waals surface area contributed by atoms with Crippen LogP contribution in [0.1, 0.15) is 26.5 Å². The standard InChI is InChI=1S/C20H26ClN5O4S/c1-20(2,3)14-10-15(23-19(30)22-13-6-4-12(21)5-7-13)26(24-14)11-16(27)25-8-9-31-18(29)17(25)28/h4-7,10H,8-9,11H2,1-3H3,31H4,(H2,22,23,30). The van der Waals surface area contributed by atoms with Crippen molar-refractivity contribution < 1.29 is 19.2 Å². The third kappa shape index (κ3) is 5.65. The highest BCUT2D eigenvalue weighted by Crippen LogP contribution is 2.25. The molecule has 1 aromatic carbocycles.